The van der Waals surface area contributed by atoms with Crippen LogP contribution in [0.3, 0.4) is 0 Å². The Morgan fingerprint density at radius 3 is 2.26 bits per heavy atom. The molecule has 2 aromatic carbocycles. The zero-order chi connectivity index (χ0) is 26.1. The van der Waals surface area contributed by atoms with E-state index in [9.17, 15) is 14.0 Å². The largest absolute Gasteiger partial charge is 0.481 e. The van der Waals surface area contributed by atoms with E-state index in [0.717, 1.165) is 16.6 Å². The summed E-state index contributed by atoms with van der Waals surface area (Å²) < 4.78 is 41.4. The highest BCUT2D eigenvalue weighted by molar-refractivity contribution is 6.21. The maximum absolute atomic E-state index is 15.3. The molecule has 0 heterocycles. The molecule has 8 nitrogen and oxygen atoms in total. The number of carbonyl (C=O) groups excluding carboxylic acids is 2. The van der Waals surface area contributed by atoms with Crippen LogP contribution in [0.2, 0.25) is 0 Å². The summed E-state index contributed by atoms with van der Waals surface area (Å²) in [7, 11) is 0. The van der Waals surface area contributed by atoms with Crippen LogP contribution in [-0.4, -0.2) is 53.3 Å². The summed E-state index contributed by atoms with van der Waals surface area (Å²) in [6.07, 6.45) is -1.68. The number of nitrogens with zero attached hydrogens (tertiary/aromatic N) is 2. The van der Waals surface area contributed by atoms with Crippen molar-refractivity contribution in [3.05, 3.63) is 64.7 Å². The molecule has 2 amide bonds. The fourth-order valence-corrected chi connectivity index (χ4v) is 3.53. The molecule has 0 aromatic heterocycles. The molecule has 0 aliphatic rings. The predicted molar refractivity (Wildman–Crippen MR) is 128 cm³/mol. The van der Waals surface area contributed by atoms with Crippen molar-refractivity contribution in [2.45, 2.75) is 33.4 Å². The second kappa shape index (κ2) is 13.0. The number of rotatable bonds is 12. The lowest BCUT2D eigenvalue weighted by Crippen LogP contribution is -2.34. The van der Waals surface area contributed by atoms with Crippen LogP contribution in [0.15, 0.2) is 36.4 Å². The lowest BCUT2D eigenvalue weighted by molar-refractivity contribution is -0.140. The highest BCUT2D eigenvalue weighted by atomic mass is 35.5. The first-order valence-electron chi connectivity index (χ1n) is 11.0. The van der Waals surface area contributed by atoms with E-state index in [1.54, 1.807) is 45.0 Å². The Morgan fingerprint density at radius 2 is 1.71 bits per heavy atom. The number of hydrogen-bond donors (Lipinski definition) is 2. The first kappa shape index (κ1) is 28.0. The van der Waals surface area contributed by atoms with Crippen molar-refractivity contribution in [3.63, 3.8) is 0 Å². The number of likely N-dealkylation sites (N-methyl/N-ethyl adjacent to an activating group) is 1. The minimum atomic E-state index is -1.68. The van der Waals surface area contributed by atoms with Crippen molar-refractivity contribution < 1.29 is 27.8 Å². The standard InChI is InChI=1S/C24H29ClF2N4O4/c1-4-30(5-2)19(32)14-35-18-12-11-17(26)20(21(18)27)22(34-6-3)24(33)31(25)13-15-7-9-16(10-8-15)23(28)29/h7-12,22H,4-6,13-14H2,1-3H3,(H3,28,29). The van der Waals surface area contributed by atoms with Gasteiger partial charge in [0.15, 0.2) is 24.3 Å². The van der Waals surface area contributed by atoms with Crippen LogP contribution in [0.25, 0.3) is 0 Å². The van der Waals surface area contributed by atoms with Crippen molar-refractivity contribution in [2.24, 2.45) is 5.73 Å². The minimum Gasteiger partial charge on any atom is -0.481 e. The number of hydrogen-bond acceptors (Lipinski definition) is 5. The number of benzene rings is 2. The maximum atomic E-state index is 15.3. The van der Waals surface area contributed by atoms with Crippen LogP contribution in [0.1, 0.15) is 43.6 Å². The molecule has 1 atom stereocenters. The number of halogens is 3. The summed E-state index contributed by atoms with van der Waals surface area (Å²) in [6.45, 7) is 5.50. The molecule has 0 saturated carbocycles. The average molecular weight is 511 g/mol. The molecule has 0 saturated heterocycles. The second-order valence-corrected chi connectivity index (χ2v) is 7.84. The topological polar surface area (TPSA) is 109 Å². The second-order valence-electron chi connectivity index (χ2n) is 7.43. The summed E-state index contributed by atoms with van der Waals surface area (Å²) in [5.74, 6) is -3.93. The third-order valence-electron chi connectivity index (χ3n) is 5.20. The number of nitrogens with one attached hydrogen (secondary N) is 1. The van der Waals surface area contributed by atoms with Crippen molar-refractivity contribution >= 4 is 29.4 Å². The van der Waals surface area contributed by atoms with Gasteiger partial charge < -0.3 is 20.1 Å². The molecule has 0 aliphatic carbocycles. The number of amidine groups is 1. The van der Waals surface area contributed by atoms with Crippen molar-refractivity contribution in [2.75, 3.05) is 26.3 Å². The van der Waals surface area contributed by atoms with Crippen molar-refractivity contribution in [1.82, 2.24) is 9.32 Å². The van der Waals surface area contributed by atoms with E-state index >= 15 is 4.39 Å². The monoisotopic (exact) mass is 510 g/mol. The van der Waals surface area contributed by atoms with Crippen LogP contribution in [0.5, 0.6) is 5.75 Å². The third kappa shape index (κ3) is 7.12. The molecule has 2 rings (SSSR count). The lowest BCUT2D eigenvalue weighted by Gasteiger charge is -2.23. The first-order valence-corrected chi connectivity index (χ1v) is 11.4. The molecule has 35 heavy (non-hydrogen) atoms. The molecule has 0 bridgehead atoms. The fourth-order valence-electron chi connectivity index (χ4n) is 3.31. The van der Waals surface area contributed by atoms with E-state index in [1.807, 2.05) is 0 Å². The van der Waals surface area contributed by atoms with Gasteiger partial charge in [0.1, 0.15) is 11.7 Å². The molecular formula is C24H29ClF2N4O4. The van der Waals surface area contributed by atoms with Gasteiger partial charge in [0.25, 0.3) is 11.8 Å². The molecule has 3 N–H and O–H groups in total. The summed E-state index contributed by atoms with van der Waals surface area (Å²) in [5, 5.41) is 7.43. The molecule has 190 valence electrons. The number of nitrogen functional groups attached to an aromatic ring is 1. The van der Waals surface area contributed by atoms with Gasteiger partial charge in [-0.2, -0.15) is 0 Å². The Bertz CT molecular complexity index is 1050. The molecule has 2 aromatic rings. The van der Waals surface area contributed by atoms with E-state index in [4.69, 9.17) is 32.4 Å². The number of ether oxygens (including phenoxy) is 2. The van der Waals surface area contributed by atoms with Crippen LogP contribution in [0.4, 0.5) is 8.78 Å². The van der Waals surface area contributed by atoms with Gasteiger partial charge in [0.2, 0.25) is 0 Å². The predicted octanol–water partition coefficient (Wildman–Crippen LogP) is 3.76. The van der Waals surface area contributed by atoms with Gasteiger partial charge in [0, 0.05) is 37.0 Å². The first-order chi connectivity index (χ1) is 16.6. The Morgan fingerprint density at radius 1 is 1.09 bits per heavy atom. The van der Waals surface area contributed by atoms with Crippen LogP contribution >= 0.6 is 11.8 Å². The van der Waals surface area contributed by atoms with Crippen LogP contribution in [0, 0.1) is 17.0 Å². The Hall–Kier alpha value is -3.24. The number of carbonyl (C=O) groups is 2. The normalized spacial score (nSPS) is 11.6. The molecule has 0 spiro atoms. The number of nitrogens with two attached hydrogens (primary N) is 1. The summed E-state index contributed by atoms with van der Waals surface area (Å²) in [6, 6.07) is 8.41. The van der Waals surface area contributed by atoms with E-state index in [2.05, 4.69) is 0 Å². The van der Waals surface area contributed by atoms with E-state index < -0.39 is 35.8 Å². The highest BCUT2D eigenvalue weighted by Crippen LogP contribution is 2.32. The van der Waals surface area contributed by atoms with E-state index in [-0.39, 0.29) is 30.6 Å². The fraction of sp³-hybridized carbons (Fsp3) is 0.375. The average Bonchev–Trinajstić information content (AvgIpc) is 2.83. The number of amides is 2. The smallest absolute Gasteiger partial charge is 0.271 e. The van der Waals surface area contributed by atoms with E-state index in [0.29, 0.717) is 24.2 Å². The molecular weight excluding hydrogens is 482 g/mol. The van der Waals surface area contributed by atoms with Gasteiger partial charge in [-0.15, -0.1) is 0 Å². The van der Waals surface area contributed by atoms with Gasteiger partial charge in [-0.05, 0) is 38.5 Å². The van der Waals surface area contributed by atoms with Crippen LogP contribution < -0.4 is 10.5 Å². The highest BCUT2D eigenvalue weighted by Gasteiger charge is 2.33. The Balaban J connectivity index is 2.26. The van der Waals surface area contributed by atoms with Gasteiger partial charge >= 0.3 is 0 Å². The van der Waals surface area contributed by atoms with Gasteiger partial charge in [-0.25, -0.2) is 13.2 Å². The van der Waals surface area contributed by atoms with Gasteiger partial charge in [-0.1, -0.05) is 24.3 Å². The third-order valence-corrected chi connectivity index (χ3v) is 5.49. The minimum absolute atomic E-state index is 0.0289. The van der Waals surface area contributed by atoms with Crippen molar-refractivity contribution in [3.8, 4) is 5.75 Å². The molecule has 0 radical (unpaired) electrons. The summed E-state index contributed by atoms with van der Waals surface area (Å²) in [5.41, 5.74) is 5.86. The summed E-state index contributed by atoms with van der Waals surface area (Å²) in [4.78, 5) is 26.7. The van der Waals surface area contributed by atoms with Crippen LogP contribution in [-0.2, 0) is 20.9 Å². The van der Waals surface area contributed by atoms with Gasteiger partial charge in [-0.3, -0.25) is 15.0 Å². The lowest BCUT2D eigenvalue weighted by atomic mass is 10.1. The zero-order valence-corrected chi connectivity index (χ0v) is 20.6. The molecule has 0 fully saturated rings. The molecule has 11 heteroatoms. The van der Waals surface area contributed by atoms with Crippen molar-refractivity contribution in [1.29, 1.82) is 5.41 Å². The maximum Gasteiger partial charge on any atom is 0.271 e. The molecule has 0 aliphatic heterocycles. The zero-order valence-electron chi connectivity index (χ0n) is 19.8. The summed E-state index contributed by atoms with van der Waals surface area (Å²) >= 11 is 6.17. The molecule has 1 unspecified atom stereocenters. The van der Waals surface area contributed by atoms with Gasteiger partial charge in [0.05, 0.1) is 12.1 Å². The quantitative estimate of drug-likeness (QED) is 0.257. The van der Waals surface area contributed by atoms with E-state index in [1.165, 1.54) is 4.90 Å². The SMILES string of the molecule is CCOC(C(=O)N(Cl)Cc1ccc(C(=N)N)cc1)c1c(F)ccc(OCC(=O)N(CC)CC)c1F. The Labute approximate surface area is 208 Å². The Kier molecular flexibility index (Phi) is 10.4.